The Kier molecular flexibility index (Phi) is 36.4. The fraction of sp³-hybridized carbons (Fsp3) is 0.949. The van der Waals surface area contributed by atoms with Gasteiger partial charge in [0.15, 0.2) is 0 Å². The first-order valence-corrected chi connectivity index (χ1v) is 19.8. The molecule has 0 aliphatic carbocycles. The molecule has 0 spiro atoms. The third-order valence-electron chi connectivity index (χ3n) is 8.91. The van der Waals surface area contributed by atoms with E-state index in [1.165, 1.54) is 142 Å². The molecular weight excluding hydrogens is 560 g/mol. The molecule has 0 unspecified atom stereocenters. The number of hydrogen-bond acceptors (Lipinski definition) is 6. The van der Waals surface area contributed by atoms with Gasteiger partial charge in [-0.05, 0) is 58.7 Å². The molecule has 0 atom stereocenters. The monoisotopic (exact) mass is 639 g/mol. The summed E-state index contributed by atoms with van der Waals surface area (Å²) in [7, 11) is 2.04. The summed E-state index contributed by atoms with van der Waals surface area (Å²) in [5, 5.41) is 3.31. The molecule has 0 amide bonds. The number of esters is 2. The summed E-state index contributed by atoms with van der Waals surface area (Å²) in [4.78, 5) is 26.4. The fourth-order valence-electron chi connectivity index (χ4n) is 5.86. The molecule has 0 heterocycles. The van der Waals surface area contributed by atoms with Gasteiger partial charge in [0.05, 0.1) is 13.2 Å². The van der Waals surface area contributed by atoms with Gasteiger partial charge in [-0.1, -0.05) is 142 Å². The number of carbonyl (C=O) groups excluding carboxylic acids is 2. The Labute approximate surface area is 280 Å². The Hall–Kier alpha value is -1.14. The number of nitrogens with zero attached hydrogens (tertiary/aromatic N) is 1. The smallest absolute Gasteiger partial charge is 0.305 e. The van der Waals surface area contributed by atoms with Gasteiger partial charge in [-0.2, -0.15) is 0 Å². The van der Waals surface area contributed by atoms with Crippen LogP contribution in [-0.2, 0) is 19.1 Å². The van der Waals surface area contributed by atoms with E-state index >= 15 is 0 Å². The topological polar surface area (TPSA) is 67.9 Å². The van der Waals surface area contributed by atoms with Crippen LogP contribution in [0.25, 0.3) is 0 Å². The van der Waals surface area contributed by atoms with Crippen molar-refractivity contribution >= 4 is 11.9 Å². The second-order valence-corrected chi connectivity index (χ2v) is 13.4. The van der Waals surface area contributed by atoms with Crippen molar-refractivity contribution in [1.82, 2.24) is 10.2 Å². The highest BCUT2D eigenvalue weighted by Crippen LogP contribution is 2.13. The van der Waals surface area contributed by atoms with Crippen molar-refractivity contribution in [1.29, 1.82) is 0 Å². The second-order valence-electron chi connectivity index (χ2n) is 13.4. The third kappa shape index (κ3) is 35.6. The van der Waals surface area contributed by atoms with E-state index in [-0.39, 0.29) is 11.9 Å². The van der Waals surface area contributed by atoms with Crippen molar-refractivity contribution in [3.63, 3.8) is 0 Å². The van der Waals surface area contributed by atoms with Crippen LogP contribution in [0, 0.1) is 0 Å². The number of rotatable bonds is 37. The maximum Gasteiger partial charge on any atom is 0.305 e. The maximum atomic E-state index is 11.9. The molecule has 0 aromatic rings. The molecule has 0 fully saturated rings. The maximum absolute atomic E-state index is 11.9. The summed E-state index contributed by atoms with van der Waals surface area (Å²) < 4.78 is 10.8. The van der Waals surface area contributed by atoms with E-state index in [1.54, 1.807) is 0 Å². The number of ether oxygens (including phenoxy) is 2. The standard InChI is InChI=1S/C39H78N2O4/c1-4-6-8-10-22-28-36-44-38(42)30-24-18-14-12-16-20-26-33-41(35-32-40-3)34-27-21-17-13-15-19-25-31-39(43)45-37-29-23-11-9-7-5-2/h40H,4-37H2,1-3H3. The molecule has 0 rings (SSSR count). The molecule has 6 nitrogen and oxygen atoms in total. The number of carbonyl (C=O) groups is 2. The first-order chi connectivity index (χ1) is 22.1. The molecule has 0 saturated carbocycles. The highest BCUT2D eigenvalue weighted by Gasteiger charge is 2.06. The lowest BCUT2D eigenvalue weighted by molar-refractivity contribution is -0.144. The molecule has 0 bridgehead atoms. The van der Waals surface area contributed by atoms with Gasteiger partial charge in [0.2, 0.25) is 0 Å². The third-order valence-corrected chi connectivity index (χ3v) is 8.91. The molecule has 0 radical (unpaired) electrons. The number of hydrogen-bond donors (Lipinski definition) is 1. The average molecular weight is 639 g/mol. The van der Waals surface area contributed by atoms with Crippen LogP contribution in [0.3, 0.4) is 0 Å². The molecule has 1 N–H and O–H groups in total. The first kappa shape index (κ1) is 43.9. The summed E-state index contributed by atoms with van der Waals surface area (Å²) in [6.45, 7) is 10.3. The van der Waals surface area contributed by atoms with Gasteiger partial charge in [0, 0.05) is 25.9 Å². The predicted molar refractivity (Wildman–Crippen MR) is 193 cm³/mol. The van der Waals surface area contributed by atoms with Crippen molar-refractivity contribution in [2.24, 2.45) is 0 Å². The second kappa shape index (κ2) is 37.3. The SMILES string of the molecule is CCCCCCCCOC(=O)CCCCCCCCCN(CCCCCCCCCC(=O)OCCCCCCCC)CCNC. The number of unbranched alkanes of at least 4 members (excludes halogenated alkanes) is 22. The minimum Gasteiger partial charge on any atom is -0.466 e. The lowest BCUT2D eigenvalue weighted by atomic mass is 10.1. The van der Waals surface area contributed by atoms with Crippen molar-refractivity contribution in [3.05, 3.63) is 0 Å². The lowest BCUT2D eigenvalue weighted by Gasteiger charge is -2.22. The molecule has 45 heavy (non-hydrogen) atoms. The summed E-state index contributed by atoms with van der Waals surface area (Å²) in [5.74, 6) is -0.00364. The van der Waals surface area contributed by atoms with E-state index in [1.807, 2.05) is 7.05 Å². The molecule has 0 aliphatic heterocycles. The minimum atomic E-state index is -0.00182. The van der Waals surface area contributed by atoms with Crippen LogP contribution in [0.4, 0.5) is 0 Å². The lowest BCUT2D eigenvalue weighted by Crippen LogP contribution is -2.32. The van der Waals surface area contributed by atoms with Crippen molar-refractivity contribution in [2.45, 2.75) is 194 Å². The van der Waals surface area contributed by atoms with Crippen LogP contribution in [0.5, 0.6) is 0 Å². The normalized spacial score (nSPS) is 11.4. The zero-order valence-electron chi connectivity index (χ0n) is 30.6. The summed E-state index contributed by atoms with van der Waals surface area (Å²) in [6, 6.07) is 0. The van der Waals surface area contributed by atoms with Gasteiger partial charge in [-0.25, -0.2) is 0 Å². The molecular formula is C39H78N2O4. The van der Waals surface area contributed by atoms with Crippen molar-refractivity contribution < 1.29 is 19.1 Å². The number of nitrogens with one attached hydrogen (secondary N) is 1. The predicted octanol–water partition coefficient (Wildman–Crippen LogP) is 10.6. The number of likely N-dealkylation sites (N-methyl/N-ethyl adjacent to an activating group) is 1. The first-order valence-electron chi connectivity index (χ1n) is 19.8. The largest absolute Gasteiger partial charge is 0.466 e. The van der Waals surface area contributed by atoms with Gasteiger partial charge >= 0.3 is 11.9 Å². The highest BCUT2D eigenvalue weighted by atomic mass is 16.5. The van der Waals surface area contributed by atoms with Crippen LogP contribution in [0.15, 0.2) is 0 Å². The van der Waals surface area contributed by atoms with E-state index in [2.05, 4.69) is 24.1 Å². The molecule has 0 aliphatic rings. The highest BCUT2D eigenvalue weighted by molar-refractivity contribution is 5.69. The summed E-state index contributed by atoms with van der Waals surface area (Å²) in [5.41, 5.74) is 0. The van der Waals surface area contributed by atoms with Crippen LogP contribution in [0.1, 0.15) is 194 Å². The van der Waals surface area contributed by atoms with Crippen LogP contribution < -0.4 is 5.32 Å². The molecule has 0 aromatic carbocycles. The Morgan fingerprint density at radius 2 is 0.778 bits per heavy atom. The quantitative estimate of drug-likeness (QED) is 0.0539. The van der Waals surface area contributed by atoms with Crippen LogP contribution in [0.2, 0.25) is 0 Å². The van der Waals surface area contributed by atoms with Crippen LogP contribution in [-0.4, -0.2) is 63.3 Å². The van der Waals surface area contributed by atoms with E-state index in [0.717, 1.165) is 51.6 Å². The Balaban J connectivity index is 3.59. The van der Waals surface area contributed by atoms with Crippen molar-refractivity contribution in [2.75, 3.05) is 46.4 Å². The van der Waals surface area contributed by atoms with E-state index < -0.39 is 0 Å². The van der Waals surface area contributed by atoms with E-state index in [4.69, 9.17) is 9.47 Å². The van der Waals surface area contributed by atoms with E-state index in [9.17, 15) is 9.59 Å². The Bertz CT molecular complexity index is 568. The van der Waals surface area contributed by atoms with Gasteiger partial charge in [-0.15, -0.1) is 0 Å². The van der Waals surface area contributed by atoms with Gasteiger partial charge in [0.25, 0.3) is 0 Å². The molecule has 6 heteroatoms. The summed E-state index contributed by atoms with van der Waals surface area (Å²) in [6.07, 6.45) is 33.0. The fourth-order valence-corrected chi connectivity index (χ4v) is 5.86. The Morgan fingerprint density at radius 1 is 0.444 bits per heavy atom. The van der Waals surface area contributed by atoms with Crippen LogP contribution >= 0.6 is 0 Å². The zero-order valence-corrected chi connectivity index (χ0v) is 30.6. The summed E-state index contributed by atoms with van der Waals surface area (Å²) >= 11 is 0. The molecule has 0 saturated heterocycles. The molecule has 0 aromatic heterocycles. The van der Waals surface area contributed by atoms with Crippen molar-refractivity contribution in [3.8, 4) is 0 Å². The Morgan fingerprint density at radius 3 is 1.16 bits per heavy atom. The minimum absolute atomic E-state index is 0.00182. The van der Waals surface area contributed by atoms with Gasteiger partial charge < -0.3 is 19.7 Å². The zero-order chi connectivity index (χ0) is 32.9. The molecule has 268 valence electrons. The van der Waals surface area contributed by atoms with Gasteiger partial charge in [-0.3, -0.25) is 9.59 Å². The van der Waals surface area contributed by atoms with Gasteiger partial charge in [0.1, 0.15) is 0 Å². The van der Waals surface area contributed by atoms with E-state index in [0.29, 0.717) is 26.1 Å². The average Bonchev–Trinajstić information content (AvgIpc) is 3.04.